The van der Waals surface area contributed by atoms with Gasteiger partial charge in [-0.05, 0) is 69.6 Å². The summed E-state index contributed by atoms with van der Waals surface area (Å²) in [4.78, 5) is 24.1. The largest absolute Gasteiger partial charge is 0.369 e. The van der Waals surface area contributed by atoms with Crippen LogP contribution in [0.2, 0.25) is 0 Å². The molecule has 0 radical (unpaired) electrons. The molecule has 0 heterocycles. The molecule has 4 aliphatic rings. The van der Waals surface area contributed by atoms with E-state index in [9.17, 15) is 9.59 Å². The lowest BCUT2D eigenvalue weighted by Crippen LogP contribution is -2.56. The molecular formula is C16H26N2O2. The average Bonchev–Trinajstić information content (AvgIpc) is 2.31. The van der Waals surface area contributed by atoms with Gasteiger partial charge in [0.05, 0.1) is 5.54 Å². The molecule has 4 N–H and O–H groups in total. The van der Waals surface area contributed by atoms with Gasteiger partial charge in [0.2, 0.25) is 5.91 Å². The van der Waals surface area contributed by atoms with Crippen molar-refractivity contribution in [1.29, 1.82) is 0 Å². The van der Waals surface area contributed by atoms with Crippen molar-refractivity contribution in [3.05, 3.63) is 0 Å². The summed E-state index contributed by atoms with van der Waals surface area (Å²) >= 11 is 0. The minimum atomic E-state index is -0.740. The third-order valence-electron chi connectivity index (χ3n) is 6.13. The molecule has 1 amide bonds. The maximum absolute atomic E-state index is 12.3. The van der Waals surface area contributed by atoms with E-state index < -0.39 is 5.54 Å². The maximum Gasteiger partial charge on any atom is 0.223 e. The number of nitrogens with two attached hydrogens (primary N) is 2. The molecule has 4 aliphatic carbocycles. The molecule has 112 valence electrons. The standard InChI is InChI=1S/C16H26N2O2/c1-15(2,18)13(19)5-12-10-3-9-4-11(12)8-16(6-9,7-10)14(17)20/h9-12H,3-8,18H2,1-2H3,(H2,17,20). The highest BCUT2D eigenvalue weighted by Crippen LogP contribution is 2.62. The van der Waals surface area contributed by atoms with E-state index in [2.05, 4.69) is 0 Å². The summed E-state index contributed by atoms with van der Waals surface area (Å²) in [6.45, 7) is 3.58. The molecule has 2 atom stereocenters. The Labute approximate surface area is 120 Å². The number of carbonyl (C=O) groups excluding carboxylic acids is 2. The lowest BCUT2D eigenvalue weighted by molar-refractivity contribution is -0.152. The molecule has 2 unspecified atom stereocenters. The first-order valence-electron chi connectivity index (χ1n) is 7.83. The van der Waals surface area contributed by atoms with Crippen molar-refractivity contribution in [3.8, 4) is 0 Å². The van der Waals surface area contributed by atoms with Gasteiger partial charge in [0.25, 0.3) is 0 Å². The molecule has 0 aromatic heterocycles. The molecule has 20 heavy (non-hydrogen) atoms. The van der Waals surface area contributed by atoms with Gasteiger partial charge in [0.1, 0.15) is 0 Å². The average molecular weight is 278 g/mol. The molecule has 0 aromatic carbocycles. The number of ketones is 1. The van der Waals surface area contributed by atoms with Gasteiger partial charge in [-0.25, -0.2) is 0 Å². The van der Waals surface area contributed by atoms with Crippen LogP contribution in [-0.2, 0) is 9.59 Å². The Kier molecular flexibility index (Phi) is 3.02. The van der Waals surface area contributed by atoms with Crippen molar-refractivity contribution in [2.45, 2.75) is 57.9 Å². The Hall–Kier alpha value is -0.900. The summed E-state index contributed by atoms with van der Waals surface area (Å²) in [5, 5.41) is 0. The fourth-order valence-corrected chi connectivity index (χ4v) is 5.24. The van der Waals surface area contributed by atoms with Gasteiger partial charge in [-0.3, -0.25) is 9.59 Å². The Morgan fingerprint density at radius 3 is 2.15 bits per heavy atom. The van der Waals surface area contributed by atoms with E-state index in [-0.39, 0.29) is 17.1 Å². The Balaban J connectivity index is 1.78. The fraction of sp³-hybridized carbons (Fsp3) is 0.875. The molecule has 4 heteroatoms. The van der Waals surface area contributed by atoms with Crippen LogP contribution in [-0.4, -0.2) is 17.2 Å². The van der Waals surface area contributed by atoms with Gasteiger partial charge >= 0.3 is 0 Å². The highest BCUT2D eigenvalue weighted by molar-refractivity contribution is 5.87. The first-order valence-corrected chi connectivity index (χ1v) is 7.83. The van der Waals surface area contributed by atoms with Crippen LogP contribution in [0.15, 0.2) is 0 Å². The molecule has 4 fully saturated rings. The Morgan fingerprint density at radius 2 is 1.70 bits per heavy atom. The second-order valence-corrected chi connectivity index (χ2v) is 8.13. The fourth-order valence-electron chi connectivity index (χ4n) is 5.24. The predicted molar refractivity (Wildman–Crippen MR) is 76.6 cm³/mol. The number of Topliss-reactive ketones (excluding diaryl/α,β-unsaturated/α-hetero) is 1. The molecule has 4 nitrogen and oxygen atoms in total. The minimum Gasteiger partial charge on any atom is -0.369 e. The third-order valence-corrected chi connectivity index (χ3v) is 6.13. The number of rotatable bonds is 4. The highest BCUT2D eigenvalue weighted by Gasteiger charge is 2.58. The number of hydrogen-bond acceptors (Lipinski definition) is 3. The zero-order chi connectivity index (χ0) is 14.7. The van der Waals surface area contributed by atoms with Crippen molar-refractivity contribution in [2.24, 2.45) is 40.6 Å². The van der Waals surface area contributed by atoms with Gasteiger partial charge in [0, 0.05) is 11.8 Å². The molecule has 0 aliphatic heterocycles. The van der Waals surface area contributed by atoms with Crippen molar-refractivity contribution in [3.63, 3.8) is 0 Å². The first-order chi connectivity index (χ1) is 9.21. The summed E-state index contributed by atoms with van der Waals surface area (Å²) < 4.78 is 0. The van der Waals surface area contributed by atoms with E-state index in [1.54, 1.807) is 13.8 Å². The predicted octanol–water partition coefficient (Wildman–Crippen LogP) is 1.61. The van der Waals surface area contributed by atoms with Crippen LogP contribution in [0.4, 0.5) is 0 Å². The van der Waals surface area contributed by atoms with Crippen molar-refractivity contribution in [2.75, 3.05) is 0 Å². The highest BCUT2D eigenvalue weighted by atomic mass is 16.1. The van der Waals surface area contributed by atoms with Crippen LogP contribution in [0.5, 0.6) is 0 Å². The van der Waals surface area contributed by atoms with Gasteiger partial charge in [-0.1, -0.05) is 0 Å². The molecule has 4 rings (SSSR count). The monoisotopic (exact) mass is 278 g/mol. The molecule has 0 saturated heterocycles. The van der Waals surface area contributed by atoms with E-state index in [0.29, 0.717) is 30.1 Å². The minimum absolute atomic E-state index is 0.110. The van der Waals surface area contributed by atoms with Crippen LogP contribution in [0.25, 0.3) is 0 Å². The van der Waals surface area contributed by atoms with Crippen LogP contribution < -0.4 is 11.5 Å². The Morgan fingerprint density at radius 1 is 1.15 bits per heavy atom. The maximum atomic E-state index is 12.3. The van der Waals surface area contributed by atoms with Gasteiger partial charge < -0.3 is 11.5 Å². The summed E-state index contributed by atoms with van der Waals surface area (Å²) in [5.74, 6) is 2.12. The smallest absolute Gasteiger partial charge is 0.223 e. The summed E-state index contributed by atoms with van der Waals surface area (Å²) in [5.41, 5.74) is 10.6. The van der Waals surface area contributed by atoms with Crippen molar-refractivity contribution in [1.82, 2.24) is 0 Å². The number of hydrogen-bond donors (Lipinski definition) is 2. The van der Waals surface area contributed by atoms with Gasteiger partial charge in [-0.15, -0.1) is 0 Å². The number of carbonyl (C=O) groups is 2. The quantitative estimate of drug-likeness (QED) is 0.819. The van der Waals surface area contributed by atoms with E-state index in [4.69, 9.17) is 11.5 Å². The van der Waals surface area contributed by atoms with Crippen LogP contribution in [0, 0.1) is 29.1 Å². The second kappa shape index (κ2) is 4.30. The lowest BCUT2D eigenvalue weighted by Gasteiger charge is -2.59. The van der Waals surface area contributed by atoms with E-state index >= 15 is 0 Å². The third kappa shape index (κ3) is 2.09. The van der Waals surface area contributed by atoms with E-state index in [1.165, 1.54) is 12.8 Å². The van der Waals surface area contributed by atoms with Gasteiger partial charge in [0.15, 0.2) is 5.78 Å². The summed E-state index contributed by atoms with van der Waals surface area (Å²) in [6, 6.07) is 0. The number of primary amides is 1. The topological polar surface area (TPSA) is 86.2 Å². The summed E-state index contributed by atoms with van der Waals surface area (Å²) in [7, 11) is 0. The molecule has 0 aromatic rings. The van der Waals surface area contributed by atoms with Crippen LogP contribution >= 0.6 is 0 Å². The molecular weight excluding hydrogens is 252 g/mol. The molecule has 4 saturated carbocycles. The van der Waals surface area contributed by atoms with Crippen molar-refractivity contribution < 1.29 is 9.59 Å². The van der Waals surface area contributed by atoms with Gasteiger partial charge in [-0.2, -0.15) is 0 Å². The zero-order valence-electron chi connectivity index (χ0n) is 12.5. The first kappa shape index (κ1) is 14.1. The lowest BCUT2D eigenvalue weighted by atomic mass is 9.45. The molecule has 4 bridgehead atoms. The second-order valence-electron chi connectivity index (χ2n) is 8.13. The number of amides is 1. The SMILES string of the molecule is CC(C)(N)C(=O)CC1C2CC3CC1CC(C(N)=O)(C3)C2. The van der Waals surface area contributed by atoms with Crippen molar-refractivity contribution >= 4 is 11.7 Å². The Bertz CT molecular complexity index is 436. The molecule has 0 spiro atoms. The van der Waals surface area contributed by atoms with E-state index in [1.807, 2.05) is 0 Å². The van der Waals surface area contributed by atoms with Crippen LogP contribution in [0.1, 0.15) is 52.4 Å². The summed E-state index contributed by atoms with van der Waals surface area (Å²) in [6.07, 6.45) is 5.72. The van der Waals surface area contributed by atoms with E-state index in [0.717, 1.165) is 19.3 Å². The normalized spacial score (nSPS) is 42.8. The zero-order valence-corrected chi connectivity index (χ0v) is 12.5. The van der Waals surface area contributed by atoms with Crippen LogP contribution in [0.3, 0.4) is 0 Å².